The third-order valence-electron chi connectivity index (χ3n) is 1.74. The fourth-order valence-electron chi connectivity index (χ4n) is 1.13. The van der Waals surface area contributed by atoms with Crippen molar-refractivity contribution in [2.75, 3.05) is 0 Å². The first kappa shape index (κ1) is 10.6. The Hall–Kier alpha value is -0.460. The molecule has 0 fully saturated rings. The minimum Gasteiger partial charge on any atom is -0.117 e. The lowest BCUT2D eigenvalue weighted by Crippen LogP contribution is -1.90. The molecule has 0 aliphatic carbocycles. The Morgan fingerprint density at radius 3 is 2.77 bits per heavy atom. The van der Waals surface area contributed by atoms with Gasteiger partial charge >= 0.3 is 0 Å². The van der Waals surface area contributed by atoms with Crippen LogP contribution in [0, 0.1) is 0 Å². The van der Waals surface area contributed by atoms with Gasteiger partial charge in [-0.3, -0.25) is 0 Å². The largest absolute Gasteiger partial charge is 0.117 e. The molecule has 0 saturated carbocycles. The van der Waals surface area contributed by atoms with Crippen molar-refractivity contribution in [1.82, 2.24) is 0 Å². The maximum Gasteiger partial charge on any atom is 0.0622 e. The van der Waals surface area contributed by atoms with Crippen LogP contribution < -0.4 is 0 Å². The molecule has 1 aromatic rings. The van der Waals surface area contributed by atoms with Crippen molar-refractivity contribution in [2.24, 2.45) is 0 Å². The summed E-state index contributed by atoms with van der Waals surface area (Å²) in [5.41, 5.74) is 2.14. The standard InChI is InChI=1S/C11H12Cl2/c1-8(2)6-11(13)9-4-3-5-10(12)7-9/h3-5,7,11H,1,6H2,2H3. The topological polar surface area (TPSA) is 0 Å². The minimum atomic E-state index is -0.0174. The molecule has 0 amide bonds. The molecular weight excluding hydrogens is 203 g/mol. The third-order valence-corrected chi connectivity index (χ3v) is 2.38. The molecule has 1 atom stereocenters. The van der Waals surface area contributed by atoms with Gasteiger partial charge < -0.3 is 0 Å². The highest BCUT2D eigenvalue weighted by molar-refractivity contribution is 6.30. The number of hydrogen-bond acceptors (Lipinski definition) is 0. The summed E-state index contributed by atoms with van der Waals surface area (Å²) in [5, 5.41) is 0.709. The van der Waals surface area contributed by atoms with Crippen LogP contribution in [-0.4, -0.2) is 0 Å². The van der Waals surface area contributed by atoms with E-state index in [9.17, 15) is 0 Å². The Morgan fingerprint density at radius 1 is 1.54 bits per heavy atom. The number of rotatable bonds is 3. The number of hydrogen-bond donors (Lipinski definition) is 0. The lowest BCUT2D eigenvalue weighted by Gasteiger charge is -2.09. The normalized spacial score (nSPS) is 12.5. The van der Waals surface area contributed by atoms with E-state index in [1.165, 1.54) is 0 Å². The zero-order valence-electron chi connectivity index (χ0n) is 7.56. The summed E-state index contributed by atoms with van der Waals surface area (Å²) in [6.07, 6.45) is 0.794. The Labute approximate surface area is 89.2 Å². The van der Waals surface area contributed by atoms with Gasteiger partial charge in [-0.2, -0.15) is 0 Å². The minimum absolute atomic E-state index is 0.0174. The van der Waals surface area contributed by atoms with Crippen LogP contribution in [0.5, 0.6) is 0 Å². The molecule has 0 aliphatic rings. The lowest BCUT2D eigenvalue weighted by molar-refractivity contribution is 0.908. The van der Waals surface area contributed by atoms with Crippen molar-refractivity contribution in [3.63, 3.8) is 0 Å². The van der Waals surface area contributed by atoms with Crippen LogP contribution in [0.15, 0.2) is 36.4 Å². The second-order valence-corrected chi connectivity index (χ2v) is 4.15. The van der Waals surface area contributed by atoms with Gasteiger partial charge in [0, 0.05) is 5.02 Å². The number of alkyl halides is 1. The molecule has 0 nitrogen and oxygen atoms in total. The highest BCUT2D eigenvalue weighted by Gasteiger charge is 2.07. The summed E-state index contributed by atoms with van der Waals surface area (Å²) >= 11 is 12.0. The van der Waals surface area contributed by atoms with Crippen molar-refractivity contribution in [3.8, 4) is 0 Å². The zero-order valence-corrected chi connectivity index (χ0v) is 9.07. The van der Waals surface area contributed by atoms with Gasteiger partial charge in [-0.25, -0.2) is 0 Å². The van der Waals surface area contributed by atoms with Crippen molar-refractivity contribution in [2.45, 2.75) is 18.7 Å². The maximum absolute atomic E-state index is 6.15. The lowest BCUT2D eigenvalue weighted by atomic mass is 10.1. The van der Waals surface area contributed by atoms with E-state index >= 15 is 0 Å². The number of halogens is 2. The van der Waals surface area contributed by atoms with E-state index in [0.717, 1.165) is 22.6 Å². The predicted molar refractivity (Wildman–Crippen MR) is 59.5 cm³/mol. The summed E-state index contributed by atoms with van der Waals surface area (Å²) in [4.78, 5) is 0. The van der Waals surface area contributed by atoms with Crippen molar-refractivity contribution < 1.29 is 0 Å². The van der Waals surface area contributed by atoms with E-state index in [4.69, 9.17) is 23.2 Å². The molecule has 0 aromatic heterocycles. The van der Waals surface area contributed by atoms with Crippen molar-refractivity contribution in [1.29, 1.82) is 0 Å². The molecule has 0 aliphatic heterocycles. The van der Waals surface area contributed by atoms with Gasteiger partial charge in [0.2, 0.25) is 0 Å². The molecule has 1 unspecified atom stereocenters. The summed E-state index contributed by atoms with van der Waals surface area (Å²) in [5.74, 6) is 0. The average molecular weight is 215 g/mol. The van der Waals surface area contributed by atoms with Crippen LogP contribution in [-0.2, 0) is 0 Å². The molecule has 13 heavy (non-hydrogen) atoms. The van der Waals surface area contributed by atoms with Gasteiger partial charge in [0.1, 0.15) is 0 Å². The highest BCUT2D eigenvalue weighted by atomic mass is 35.5. The van der Waals surface area contributed by atoms with E-state index in [0.29, 0.717) is 0 Å². The van der Waals surface area contributed by atoms with Crippen LogP contribution in [0.3, 0.4) is 0 Å². The molecule has 1 aromatic carbocycles. The molecule has 2 heteroatoms. The van der Waals surface area contributed by atoms with Gasteiger partial charge in [0.05, 0.1) is 5.38 Å². The van der Waals surface area contributed by atoms with Gasteiger partial charge in [0.25, 0.3) is 0 Å². The van der Waals surface area contributed by atoms with Gasteiger partial charge in [-0.05, 0) is 31.0 Å². The molecule has 70 valence electrons. The van der Waals surface area contributed by atoms with E-state index in [1.807, 2.05) is 31.2 Å². The van der Waals surface area contributed by atoms with E-state index in [1.54, 1.807) is 0 Å². The smallest absolute Gasteiger partial charge is 0.0622 e. The van der Waals surface area contributed by atoms with Gasteiger partial charge in [-0.15, -0.1) is 18.2 Å². The van der Waals surface area contributed by atoms with E-state index < -0.39 is 0 Å². The van der Waals surface area contributed by atoms with Crippen LogP contribution in [0.4, 0.5) is 0 Å². The van der Waals surface area contributed by atoms with Gasteiger partial charge in [-0.1, -0.05) is 29.3 Å². The Kier molecular flexibility index (Phi) is 3.83. The van der Waals surface area contributed by atoms with Crippen LogP contribution in [0.2, 0.25) is 5.02 Å². The SMILES string of the molecule is C=C(C)CC(Cl)c1cccc(Cl)c1. The van der Waals surface area contributed by atoms with Crippen LogP contribution in [0.1, 0.15) is 24.3 Å². The number of allylic oxidation sites excluding steroid dienone is 1. The first-order chi connectivity index (χ1) is 6.09. The van der Waals surface area contributed by atoms with Gasteiger partial charge in [0.15, 0.2) is 0 Å². The number of benzene rings is 1. The predicted octanol–water partition coefficient (Wildman–Crippen LogP) is 4.59. The summed E-state index contributed by atoms with van der Waals surface area (Å²) in [7, 11) is 0. The maximum atomic E-state index is 6.15. The monoisotopic (exact) mass is 214 g/mol. The van der Waals surface area contributed by atoms with Crippen LogP contribution in [0.25, 0.3) is 0 Å². The zero-order chi connectivity index (χ0) is 9.84. The van der Waals surface area contributed by atoms with Crippen LogP contribution >= 0.6 is 23.2 Å². The quantitative estimate of drug-likeness (QED) is 0.511. The molecule has 0 radical (unpaired) electrons. The third kappa shape index (κ3) is 3.41. The fourth-order valence-corrected chi connectivity index (χ4v) is 1.72. The summed E-state index contributed by atoms with van der Waals surface area (Å²) in [6, 6.07) is 7.62. The van der Waals surface area contributed by atoms with E-state index in [2.05, 4.69) is 6.58 Å². The average Bonchev–Trinajstić information content (AvgIpc) is 2.03. The summed E-state index contributed by atoms with van der Waals surface area (Å²) < 4.78 is 0. The Bertz CT molecular complexity index is 305. The molecule has 0 saturated heterocycles. The summed E-state index contributed by atoms with van der Waals surface area (Å²) in [6.45, 7) is 5.80. The van der Waals surface area contributed by atoms with Crippen molar-refractivity contribution in [3.05, 3.63) is 47.0 Å². The first-order valence-electron chi connectivity index (χ1n) is 4.13. The van der Waals surface area contributed by atoms with E-state index in [-0.39, 0.29) is 5.38 Å². The second kappa shape index (κ2) is 4.69. The second-order valence-electron chi connectivity index (χ2n) is 3.18. The highest BCUT2D eigenvalue weighted by Crippen LogP contribution is 2.28. The Balaban J connectivity index is 2.76. The molecule has 1 rings (SSSR count). The Morgan fingerprint density at radius 2 is 2.23 bits per heavy atom. The molecular formula is C11H12Cl2. The molecule has 0 bridgehead atoms. The molecule has 0 N–H and O–H groups in total. The molecule has 0 spiro atoms. The first-order valence-corrected chi connectivity index (χ1v) is 4.95. The van der Waals surface area contributed by atoms with Crippen molar-refractivity contribution >= 4 is 23.2 Å². The fraction of sp³-hybridized carbons (Fsp3) is 0.273. The molecule has 0 heterocycles.